The van der Waals surface area contributed by atoms with Gasteiger partial charge in [-0.1, -0.05) is 31.9 Å². The second-order valence-corrected chi connectivity index (χ2v) is 10.9. The molecule has 2 heterocycles. The third-order valence-electron chi connectivity index (χ3n) is 8.91. The van der Waals surface area contributed by atoms with Crippen LogP contribution >= 0.6 is 0 Å². The Kier molecular flexibility index (Phi) is 6.10. The molecule has 1 aromatic rings. The van der Waals surface area contributed by atoms with Gasteiger partial charge in [0.15, 0.2) is 11.5 Å². The van der Waals surface area contributed by atoms with E-state index in [-0.39, 0.29) is 35.4 Å². The molecule has 5 rings (SSSR count). The molecular formula is C28H36N2O4. The molecule has 6 atom stereocenters. The lowest BCUT2D eigenvalue weighted by molar-refractivity contribution is -0.145. The molecule has 2 aliphatic heterocycles. The van der Waals surface area contributed by atoms with Crippen LogP contribution in [0.25, 0.3) is 0 Å². The lowest BCUT2D eigenvalue weighted by atomic mass is 9.59. The van der Waals surface area contributed by atoms with Gasteiger partial charge in [-0.05, 0) is 60.3 Å². The van der Waals surface area contributed by atoms with Gasteiger partial charge in [-0.25, -0.2) is 0 Å². The summed E-state index contributed by atoms with van der Waals surface area (Å²) >= 11 is 0. The molecule has 6 nitrogen and oxygen atoms in total. The Morgan fingerprint density at radius 2 is 2.03 bits per heavy atom. The van der Waals surface area contributed by atoms with Gasteiger partial charge in [0.1, 0.15) is 6.10 Å². The molecule has 1 aromatic carbocycles. The normalized spacial score (nSPS) is 34.7. The molecule has 6 heteroatoms. The first kappa shape index (κ1) is 23.2. The predicted octanol–water partition coefficient (Wildman–Crippen LogP) is 4.83. The zero-order valence-corrected chi connectivity index (χ0v) is 20.8. The highest BCUT2D eigenvalue weighted by atomic mass is 16.6. The molecule has 1 saturated heterocycles. The number of allylic oxidation sites excluding steroid dienone is 1. The number of fused-ring (bicyclic) bond motifs is 3. The second kappa shape index (κ2) is 8.92. The number of benzene rings is 1. The van der Waals surface area contributed by atoms with Gasteiger partial charge in [-0.3, -0.25) is 9.69 Å². The Morgan fingerprint density at radius 1 is 1.26 bits per heavy atom. The third-order valence-corrected chi connectivity index (χ3v) is 8.91. The van der Waals surface area contributed by atoms with Crippen molar-refractivity contribution in [2.45, 2.75) is 64.5 Å². The SMILES string of the molecule is COc1cc2c(cc1OC)[C@H](CC#N)N(C[C@H]1C(=O)O[C@@H]3C[C@@]4(C)CCC[C@H](C)C4=C[C@@H]31)CC2. The van der Waals surface area contributed by atoms with Gasteiger partial charge in [0.05, 0.1) is 32.6 Å². The molecule has 2 fully saturated rings. The first-order valence-corrected chi connectivity index (χ1v) is 12.7. The Morgan fingerprint density at radius 3 is 2.76 bits per heavy atom. The Hall–Kier alpha value is -2.52. The van der Waals surface area contributed by atoms with Crippen molar-refractivity contribution in [3.8, 4) is 17.6 Å². The number of carbonyl (C=O) groups is 1. The smallest absolute Gasteiger partial charge is 0.311 e. The quantitative estimate of drug-likeness (QED) is 0.459. The molecule has 0 radical (unpaired) electrons. The van der Waals surface area contributed by atoms with E-state index in [9.17, 15) is 10.1 Å². The Bertz CT molecular complexity index is 1040. The minimum atomic E-state index is -0.181. The van der Waals surface area contributed by atoms with Crippen molar-refractivity contribution in [2.24, 2.45) is 23.2 Å². The Labute approximate surface area is 202 Å². The lowest BCUT2D eigenvalue weighted by Crippen LogP contribution is -2.43. The fourth-order valence-corrected chi connectivity index (χ4v) is 7.14. The molecular weight excluding hydrogens is 428 g/mol. The minimum absolute atomic E-state index is 0.0209. The largest absolute Gasteiger partial charge is 0.493 e. The van der Waals surface area contributed by atoms with Crippen LogP contribution in [-0.4, -0.2) is 44.3 Å². The van der Waals surface area contributed by atoms with E-state index in [1.54, 1.807) is 14.2 Å². The molecule has 0 aromatic heterocycles. The van der Waals surface area contributed by atoms with E-state index in [1.165, 1.54) is 30.4 Å². The fraction of sp³-hybridized carbons (Fsp3) is 0.643. The van der Waals surface area contributed by atoms with Crippen LogP contribution in [0.5, 0.6) is 11.5 Å². The van der Waals surface area contributed by atoms with E-state index in [2.05, 4.69) is 30.9 Å². The first-order chi connectivity index (χ1) is 16.4. The van der Waals surface area contributed by atoms with E-state index < -0.39 is 0 Å². The van der Waals surface area contributed by atoms with Gasteiger partial charge in [0.25, 0.3) is 0 Å². The van der Waals surface area contributed by atoms with Crippen molar-refractivity contribution in [1.82, 2.24) is 4.90 Å². The number of carbonyl (C=O) groups excluding carboxylic acids is 1. The van der Waals surface area contributed by atoms with E-state index >= 15 is 0 Å². The number of esters is 1. The number of hydrogen-bond acceptors (Lipinski definition) is 6. The molecule has 2 aliphatic carbocycles. The van der Waals surface area contributed by atoms with Crippen LogP contribution in [-0.2, 0) is 16.0 Å². The van der Waals surface area contributed by atoms with Crippen LogP contribution in [0.3, 0.4) is 0 Å². The van der Waals surface area contributed by atoms with Crippen LogP contribution in [0.15, 0.2) is 23.8 Å². The number of ether oxygens (including phenoxy) is 3. The standard InChI is InChI=1S/C28H36N2O4/c1-17-6-5-9-28(2)15-26-20(13-22(17)28)21(27(31)34-26)16-30-11-8-18-12-24(32-3)25(33-4)14-19(18)23(30)7-10-29/h12-14,17,20-21,23,26H,5-9,11,15-16H2,1-4H3/t17-,20+,21+,23-,26+,28+/m0/s1. The summed E-state index contributed by atoms with van der Waals surface area (Å²) in [5.74, 6) is 1.84. The molecule has 4 aliphatic rings. The zero-order chi connectivity index (χ0) is 24.0. The van der Waals surface area contributed by atoms with E-state index in [0.29, 0.717) is 30.4 Å². The molecule has 0 spiro atoms. The van der Waals surface area contributed by atoms with Gasteiger partial charge in [0.2, 0.25) is 0 Å². The highest BCUT2D eigenvalue weighted by Gasteiger charge is 2.52. The van der Waals surface area contributed by atoms with Gasteiger partial charge < -0.3 is 14.2 Å². The molecule has 0 amide bonds. The van der Waals surface area contributed by atoms with E-state index in [4.69, 9.17) is 14.2 Å². The van der Waals surface area contributed by atoms with Crippen molar-refractivity contribution in [3.05, 3.63) is 34.9 Å². The summed E-state index contributed by atoms with van der Waals surface area (Å²) in [5, 5.41) is 9.64. The number of methoxy groups -OCH3 is 2. The summed E-state index contributed by atoms with van der Waals surface area (Å²) in [4.78, 5) is 15.4. The number of nitriles is 1. The number of rotatable bonds is 5. The highest BCUT2D eigenvalue weighted by Crippen LogP contribution is 2.54. The van der Waals surface area contributed by atoms with Gasteiger partial charge in [-0.2, -0.15) is 5.26 Å². The van der Waals surface area contributed by atoms with Crippen LogP contribution in [0.2, 0.25) is 0 Å². The predicted molar refractivity (Wildman–Crippen MR) is 128 cm³/mol. The fourth-order valence-electron chi connectivity index (χ4n) is 7.14. The van der Waals surface area contributed by atoms with E-state index in [0.717, 1.165) is 24.9 Å². The molecule has 0 bridgehead atoms. The molecule has 182 valence electrons. The maximum Gasteiger partial charge on any atom is 0.311 e. The lowest BCUT2D eigenvalue weighted by Gasteiger charge is -2.46. The van der Waals surface area contributed by atoms with Crippen molar-refractivity contribution in [2.75, 3.05) is 27.3 Å². The number of nitrogens with zero attached hydrogens (tertiary/aromatic N) is 2. The minimum Gasteiger partial charge on any atom is -0.493 e. The van der Waals surface area contributed by atoms with E-state index in [1.807, 2.05) is 12.1 Å². The van der Waals surface area contributed by atoms with Gasteiger partial charge in [-0.15, -0.1) is 0 Å². The summed E-state index contributed by atoms with van der Waals surface area (Å²) < 4.78 is 17.0. The maximum absolute atomic E-state index is 13.1. The zero-order valence-electron chi connectivity index (χ0n) is 20.8. The van der Waals surface area contributed by atoms with Crippen molar-refractivity contribution >= 4 is 5.97 Å². The van der Waals surface area contributed by atoms with Gasteiger partial charge in [0, 0.05) is 25.0 Å². The first-order valence-electron chi connectivity index (χ1n) is 12.7. The topological polar surface area (TPSA) is 71.8 Å². The molecule has 34 heavy (non-hydrogen) atoms. The second-order valence-electron chi connectivity index (χ2n) is 10.9. The maximum atomic E-state index is 13.1. The average molecular weight is 465 g/mol. The number of hydrogen-bond donors (Lipinski definition) is 0. The molecule has 1 saturated carbocycles. The highest BCUT2D eigenvalue weighted by molar-refractivity contribution is 5.76. The summed E-state index contributed by atoms with van der Waals surface area (Å²) in [6, 6.07) is 6.34. The Balaban J connectivity index is 1.44. The van der Waals surface area contributed by atoms with Crippen molar-refractivity contribution in [1.29, 1.82) is 5.26 Å². The summed E-state index contributed by atoms with van der Waals surface area (Å²) in [6.07, 6.45) is 8.23. The molecule has 0 unspecified atom stereocenters. The monoisotopic (exact) mass is 464 g/mol. The van der Waals surface area contributed by atoms with Gasteiger partial charge >= 0.3 is 5.97 Å². The van der Waals surface area contributed by atoms with Crippen LogP contribution in [0.1, 0.15) is 63.1 Å². The summed E-state index contributed by atoms with van der Waals surface area (Å²) in [7, 11) is 3.28. The summed E-state index contributed by atoms with van der Waals surface area (Å²) in [6.45, 7) is 6.12. The van der Waals surface area contributed by atoms with Crippen LogP contribution < -0.4 is 9.47 Å². The van der Waals surface area contributed by atoms with Crippen molar-refractivity contribution < 1.29 is 19.0 Å². The molecule has 0 N–H and O–H groups in total. The average Bonchev–Trinajstić information content (AvgIpc) is 3.11. The summed E-state index contributed by atoms with van der Waals surface area (Å²) in [5.41, 5.74) is 3.99. The van der Waals surface area contributed by atoms with Crippen LogP contribution in [0, 0.1) is 34.5 Å². The third kappa shape index (κ3) is 3.79. The van der Waals surface area contributed by atoms with Crippen LogP contribution in [0.4, 0.5) is 0 Å². The van der Waals surface area contributed by atoms with Crippen molar-refractivity contribution in [3.63, 3.8) is 0 Å².